The third-order valence-electron chi connectivity index (χ3n) is 10.9. The van der Waals surface area contributed by atoms with Gasteiger partial charge >= 0.3 is 6.01 Å². The Bertz CT molecular complexity index is 2290. The first-order chi connectivity index (χ1) is 24.4. The second kappa shape index (κ2) is 10.7. The van der Waals surface area contributed by atoms with Crippen molar-refractivity contribution in [3.8, 4) is 23.2 Å². The minimum atomic E-state index is -2.26. The molecule has 0 spiro atoms. The minimum absolute atomic E-state index is 0.00980. The molecule has 2 aromatic carbocycles. The Hall–Kier alpha value is -4.12. The summed E-state index contributed by atoms with van der Waals surface area (Å²) in [4.78, 5) is 15.3. The van der Waals surface area contributed by atoms with Crippen molar-refractivity contribution >= 4 is 54.1 Å². The third kappa shape index (κ3) is 4.28. The summed E-state index contributed by atoms with van der Waals surface area (Å²) in [6.07, 6.45) is 2.41. The molecule has 4 fully saturated rings. The zero-order valence-electron chi connectivity index (χ0n) is 29.2. The molecule has 0 unspecified atom stereocenters. The van der Waals surface area contributed by atoms with Crippen LogP contribution in [0.3, 0.4) is 0 Å². The van der Waals surface area contributed by atoms with Crippen molar-refractivity contribution in [2.24, 2.45) is 0 Å². The van der Waals surface area contributed by atoms with Gasteiger partial charge in [0.15, 0.2) is 5.82 Å². The molecule has 0 saturated carbocycles. The van der Waals surface area contributed by atoms with E-state index in [9.17, 15) is 9.65 Å². The van der Waals surface area contributed by atoms with E-state index in [-0.39, 0.29) is 67.6 Å². The lowest BCUT2D eigenvalue weighted by molar-refractivity contribution is 0.107. The van der Waals surface area contributed by atoms with E-state index < -0.39 is 30.3 Å². The summed E-state index contributed by atoms with van der Waals surface area (Å²) in [5.41, 5.74) is 5.99. The lowest BCUT2D eigenvalue weighted by atomic mass is 9.95. The molecule has 3 aromatic heterocycles. The highest BCUT2D eigenvalue weighted by Gasteiger charge is 2.49. The maximum absolute atomic E-state index is 17.5. The number of alkyl halides is 1. The zero-order valence-corrected chi connectivity index (χ0v) is 27.0. The summed E-state index contributed by atoms with van der Waals surface area (Å²) in [6, 6.07) is 5.82. The maximum atomic E-state index is 17.5. The summed E-state index contributed by atoms with van der Waals surface area (Å²) < 4.78 is 84.4. The van der Waals surface area contributed by atoms with Crippen LogP contribution in [0.2, 0.25) is 0 Å². The van der Waals surface area contributed by atoms with E-state index in [1.807, 2.05) is 4.90 Å². The number of thiophene rings is 1. The molecule has 9 rings (SSSR count). The molecule has 5 aromatic rings. The molecular formula is C35H34F3N7O2S. The van der Waals surface area contributed by atoms with Crippen LogP contribution in [0.4, 0.5) is 24.0 Å². The molecule has 9 nitrogen and oxygen atoms in total. The fraction of sp³-hybridized carbons (Fsp3) is 0.457. The first-order valence-corrected chi connectivity index (χ1v) is 17.1. The van der Waals surface area contributed by atoms with E-state index in [0.29, 0.717) is 61.2 Å². The minimum Gasteiger partial charge on any atom is -0.461 e. The van der Waals surface area contributed by atoms with Crippen molar-refractivity contribution in [3.63, 3.8) is 0 Å². The Morgan fingerprint density at radius 1 is 1.21 bits per heavy atom. The van der Waals surface area contributed by atoms with E-state index in [1.54, 1.807) is 17.9 Å². The number of ether oxygens (including phenoxy) is 1. The number of nitrogen functional groups attached to an aromatic ring is 1. The molecule has 0 amide bonds. The normalized spacial score (nSPS) is 27.1. The summed E-state index contributed by atoms with van der Waals surface area (Å²) in [5.74, 6) is -0.515. The largest absolute Gasteiger partial charge is 0.461 e. The van der Waals surface area contributed by atoms with Crippen molar-refractivity contribution in [1.29, 1.82) is 5.26 Å². The van der Waals surface area contributed by atoms with Crippen LogP contribution in [0.15, 0.2) is 22.6 Å². The topological polar surface area (TPSA) is 108 Å². The van der Waals surface area contributed by atoms with Gasteiger partial charge in [0.1, 0.15) is 52.3 Å². The van der Waals surface area contributed by atoms with Gasteiger partial charge in [-0.05, 0) is 63.8 Å². The van der Waals surface area contributed by atoms with E-state index >= 15 is 8.78 Å². The number of aromatic nitrogens is 2. The van der Waals surface area contributed by atoms with Crippen LogP contribution in [-0.4, -0.2) is 83.3 Å². The number of benzene rings is 2. The molecule has 248 valence electrons. The highest BCUT2D eigenvalue weighted by molar-refractivity contribution is 7.23. The molecule has 7 heterocycles. The summed E-state index contributed by atoms with van der Waals surface area (Å²) in [7, 11) is 0. The molecule has 0 aliphatic carbocycles. The first kappa shape index (κ1) is 26.8. The smallest absolute Gasteiger partial charge is 0.319 e. The molecule has 0 radical (unpaired) electrons. The molecule has 4 aliphatic heterocycles. The monoisotopic (exact) mass is 676 g/mol. The van der Waals surface area contributed by atoms with E-state index in [1.165, 1.54) is 12.1 Å². The molecule has 4 saturated heterocycles. The van der Waals surface area contributed by atoms with E-state index in [2.05, 4.69) is 16.0 Å². The molecule has 2 bridgehead atoms. The van der Waals surface area contributed by atoms with Crippen molar-refractivity contribution in [2.75, 3.05) is 50.4 Å². The Morgan fingerprint density at radius 2 is 2.02 bits per heavy atom. The van der Waals surface area contributed by atoms with Gasteiger partial charge < -0.3 is 19.8 Å². The number of hydrogen-bond acceptors (Lipinski definition) is 10. The van der Waals surface area contributed by atoms with Crippen molar-refractivity contribution in [3.05, 3.63) is 41.2 Å². The number of nitrogens with zero attached hydrogens (tertiary/aromatic N) is 6. The maximum Gasteiger partial charge on any atom is 0.319 e. The van der Waals surface area contributed by atoms with Gasteiger partial charge in [-0.1, -0.05) is 6.07 Å². The quantitative estimate of drug-likeness (QED) is 0.222. The predicted octanol–water partition coefficient (Wildman–Crippen LogP) is 6.54. The molecule has 48 heavy (non-hydrogen) atoms. The molecule has 13 heteroatoms. The standard InChI is InChI=1S/C35H34F3N7O2S/c1-17-10-22-27-29(28(38)26(30(22)47-17)21-6-7-24(37)31-25(21)23(12-39)32(40)48-31)41-34(46-16-35-8-3-9-45(35)13-18(36)11-35)42-33(27)44-14-19-4-5-20(15-44)43(19)2/h6-7,10,18-20H,3-5,8-9,11,13-16,40H2,1-2H3/t18-,19-,20+,35+/m1/s1/i2D3. The van der Waals surface area contributed by atoms with E-state index in [0.717, 1.165) is 30.7 Å². The number of nitriles is 1. The number of piperazine rings is 1. The van der Waals surface area contributed by atoms with Crippen LogP contribution in [0.5, 0.6) is 6.01 Å². The second-order valence-corrected chi connectivity index (χ2v) is 14.7. The SMILES string of the molecule is [2H]C([2H])([2H])N1[C@@H]2CC[C@H]1CN(c1nc(OC[C@@]34CCCN3C[C@H](F)C4)nc3c(F)c(-c4ccc(F)c5sc(N)c(C#N)c45)c4oc(C)cc4c13)C2. The van der Waals surface area contributed by atoms with E-state index in [4.69, 9.17) is 24.0 Å². The van der Waals surface area contributed by atoms with Crippen LogP contribution in [-0.2, 0) is 0 Å². The average molecular weight is 677 g/mol. The number of hydrogen-bond donors (Lipinski definition) is 1. The van der Waals surface area contributed by atoms with Crippen LogP contribution in [0.25, 0.3) is 43.1 Å². The fourth-order valence-electron chi connectivity index (χ4n) is 8.71. The lowest BCUT2D eigenvalue weighted by Gasteiger charge is -2.40. The van der Waals surface area contributed by atoms with Gasteiger partial charge in [-0.15, -0.1) is 11.3 Å². The van der Waals surface area contributed by atoms with Gasteiger partial charge in [0.25, 0.3) is 0 Å². The second-order valence-electron chi connectivity index (χ2n) is 13.7. The van der Waals surface area contributed by atoms with Crippen molar-refractivity contribution in [2.45, 2.75) is 62.8 Å². The number of nitrogens with two attached hydrogens (primary N) is 1. The summed E-state index contributed by atoms with van der Waals surface area (Å²) >= 11 is 0.917. The van der Waals surface area contributed by atoms with Crippen LogP contribution in [0.1, 0.15) is 47.5 Å². The Balaban J connectivity index is 1.27. The fourth-order valence-corrected chi connectivity index (χ4v) is 9.65. The number of furan rings is 1. The average Bonchev–Trinajstić information content (AvgIpc) is 3.87. The highest BCUT2D eigenvalue weighted by atomic mass is 32.1. The van der Waals surface area contributed by atoms with Gasteiger partial charge in [0.2, 0.25) is 0 Å². The molecular weight excluding hydrogens is 639 g/mol. The van der Waals surface area contributed by atoms with Gasteiger partial charge in [-0.25, -0.2) is 13.2 Å². The predicted molar refractivity (Wildman–Crippen MR) is 179 cm³/mol. The van der Waals surface area contributed by atoms with Crippen LogP contribution in [0, 0.1) is 29.9 Å². The molecule has 4 atom stereocenters. The number of halogens is 3. The zero-order chi connectivity index (χ0) is 35.6. The highest BCUT2D eigenvalue weighted by Crippen LogP contribution is 2.48. The number of anilines is 2. The summed E-state index contributed by atoms with van der Waals surface area (Å²) in [6.45, 7) is 1.37. The molecule has 2 N–H and O–H groups in total. The third-order valence-corrected chi connectivity index (χ3v) is 11.9. The number of likely N-dealkylation sites (N-methyl/N-ethyl adjacent to an activating group) is 1. The lowest BCUT2D eigenvalue weighted by Crippen LogP contribution is -2.52. The Kier molecular flexibility index (Phi) is 5.97. The number of aryl methyl sites for hydroxylation is 1. The first-order valence-electron chi connectivity index (χ1n) is 17.8. The molecule has 4 aliphatic rings. The number of fused-ring (bicyclic) bond motifs is 7. The Labute approximate surface area is 282 Å². The van der Waals surface area contributed by atoms with Gasteiger partial charge in [0.05, 0.1) is 26.8 Å². The van der Waals surface area contributed by atoms with Crippen molar-refractivity contribution < 1.29 is 26.4 Å². The van der Waals surface area contributed by atoms with Gasteiger partial charge in [-0.3, -0.25) is 9.80 Å². The Morgan fingerprint density at radius 3 is 2.79 bits per heavy atom. The van der Waals surface area contributed by atoms with Crippen molar-refractivity contribution in [1.82, 2.24) is 19.8 Å². The van der Waals surface area contributed by atoms with Crippen LogP contribution >= 0.6 is 11.3 Å². The number of rotatable bonds is 5. The van der Waals surface area contributed by atoms with Gasteiger partial charge in [0, 0.05) is 53.0 Å². The van der Waals surface area contributed by atoms with Crippen LogP contribution < -0.4 is 15.4 Å². The summed E-state index contributed by atoms with van der Waals surface area (Å²) in [5, 5.41) is 11.2. The van der Waals surface area contributed by atoms with Gasteiger partial charge in [-0.2, -0.15) is 15.2 Å².